The smallest absolute Gasteiger partial charge is 0.305 e. The normalized spacial score (nSPS) is 12.4. The van der Waals surface area contributed by atoms with Crippen LogP contribution in [0.15, 0.2) is 0 Å². The van der Waals surface area contributed by atoms with E-state index in [4.69, 9.17) is 4.74 Å². The Hall–Kier alpha value is -1.14. The second kappa shape index (κ2) is 71.3. The maximum absolute atomic E-state index is 12.5. The first-order chi connectivity index (χ1) is 40.0. The number of hydrogen-bond donors (Lipinski definition) is 3. The van der Waals surface area contributed by atoms with Gasteiger partial charge in [0.15, 0.2) is 0 Å². The summed E-state index contributed by atoms with van der Waals surface area (Å²) in [7, 11) is 0. The van der Waals surface area contributed by atoms with Gasteiger partial charge in [0, 0.05) is 12.8 Å². The first-order valence-electron chi connectivity index (χ1n) is 37.8. The van der Waals surface area contributed by atoms with E-state index < -0.39 is 12.1 Å². The topological polar surface area (TPSA) is 95.9 Å². The molecule has 0 saturated heterocycles. The van der Waals surface area contributed by atoms with Crippen LogP contribution in [0.1, 0.15) is 444 Å². The molecule has 0 aliphatic rings. The van der Waals surface area contributed by atoms with Crippen molar-refractivity contribution in [2.75, 3.05) is 13.2 Å². The highest BCUT2D eigenvalue weighted by Crippen LogP contribution is 2.20. The predicted molar refractivity (Wildman–Crippen MR) is 357 cm³/mol. The Morgan fingerprint density at radius 2 is 0.506 bits per heavy atom. The summed E-state index contributed by atoms with van der Waals surface area (Å²) in [5.74, 6) is -0.000391. The summed E-state index contributed by atoms with van der Waals surface area (Å²) >= 11 is 0. The Balaban J connectivity index is 3.29. The van der Waals surface area contributed by atoms with E-state index >= 15 is 0 Å². The fraction of sp³-hybridized carbons (Fsp3) is 0.973. The standard InChI is InChI=1S/C75H149NO5/c1-3-5-7-9-11-13-15-17-18-38-41-44-47-51-55-59-63-67-73(78)72(71-77)76-74(79)68-64-60-56-52-48-45-42-39-36-34-32-30-28-26-24-22-20-19-21-23-25-27-29-31-33-35-37-40-43-46-50-54-58-62-66-70-81-75(80)69-65-61-57-53-49-16-14-12-10-8-6-4-2/h72-73,77-78H,3-71H2,1-2H3,(H,76,79). The van der Waals surface area contributed by atoms with Gasteiger partial charge in [0.2, 0.25) is 5.91 Å². The van der Waals surface area contributed by atoms with Gasteiger partial charge in [-0.3, -0.25) is 9.59 Å². The number of unbranched alkanes of at least 4 members (excludes halogenated alkanes) is 61. The molecule has 81 heavy (non-hydrogen) atoms. The number of esters is 1. The monoisotopic (exact) mass is 1140 g/mol. The SMILES string of the molecule is CCCCCCCCCCCCCCCCCCCC(O)C(CO)NC(=O)CCCCCCCCCCCCCCCCCCCCCCCCCCCCCCCCCCCCCOC(=O)CCCCCCCCCCCCCC. The number of aliphatic hydroxyl groups excluding tert-OH is 2. The Labute approximate surface area is 508 Å². The third-order valence-electron chi connectivity index (χ3n) is 18.2. The van der Waals surface area contributed by atoms with E-state index in [9.17, 15) is 19.8 Å². The number of ether oxygens (including phenoxy) is 1. The molecular weight excluding hydrogens is 995 g/mol. The van der Waals surface area contributed by atoms with Gasteiger partial charge in [-0.05, 0) is 25.7 Å². The van der Waals surface area contributed by atoms with E-state index in [1.54, 1.807) is 0 Å². The average Bonchev–Trinajstić information content (AvgIpc) is 3.47. The highest BCUT2D eigenvalue weighted by molar-refractivity contribution is 5.76. The van der Waals surface area contributed by atoms with Crippen LogP contribution in [-0.4, -0.2) is 47.4 Å². The Bertz CT molecular complexity index is 1180. The van der Waals surface area contributed by atoms with Crippen LogP contribution in [0.4, 0.5) is 0 Å². The summed E-state index contributed by atoms with van der Waals surface area (Å²) in [5, 5.41) is 23.4. The number of aliphatic hydroxyl groups is 2. The van der Waals surface area contributed by atoms with Crippen LogP contribution in [0.5, 0.6) is 0 Å². The Morgan fingerprint density at radius 1 is 0.296 bits per heavy atom. The molecule has 0 fully saturated rings. The summed E-state index contributed by atoms with van der Waals surface area (Å²) in [6, 6.07) is -0.536. The van der Waals surface area contributed by atoms with Gasteiger partial charge in [-0.25, -0.2) is 0 Å². The molecule has 3 N–H and O–H groups in total. The quantitative estimate of drug-likeness (QED) is 0.0417. The van der Waals surface area contributed by atoms with E-state index in [1.807, 2.05) is 0 Å². The molecule has 0 bridgehead atoms. The molecule has 2 atom stereocenters. The van der Waals surface area contributed by atoms with Crippen molar-refractivity contribution in [2.24, 2.45) is 0 Å². The molecule has 0 aromatic carbocycles. The molecule has 0 saturated carbocycles. The summed E-state index contributed by atoms with van der Waals surface area (Å²) in [6.45, 7) is 5.01. The summed E-state index contributed by atoms with van der Waals surface area (Å²) in [4.78, 5) is 24.6. The predicted octanol–water partition coefficient (Wildman–Crippen LogP) is 24.5. The number of nitrogens with one attached hydrogen (secondary N) is 1. The van der Waals surface area contributed by atoms with Crippen molar-refractivity contribution in [3.8, 4) is 0 Å². The second-order valence-electron chi connectivity index (χ2n) is 26.4. The molecule has 0 aromatic rings. The first-order valence-corrected chi connectivity index (χ1v) is 37.8. The second-order valence-corrected chi connectivity index (χ2v) is 26.4. The summed E-state index contributed by atoms with van der Waals surface area (Å²) in [5.41, 5.74) is 0. The minimum absolute atomic E-state index is 0.0245. The van der Waals surface area contributed by atoms with Crippen molar-refractivity contribution < 1.29 is 24.5 Å². The molecule has 0 heterocycles. The lowest BCUT2D eigenvalue weighted by Gasteiger charge is -2.22. The van der Waals surface area contributed by atoms with E-state index in [0.29, 0.717) is 25.9 Å². The minimum atomic E-state index is -0.660. The van der Waals surface area contributed by atoms with E-state index in [0.717, 1.165) is 38.5 Å². The lowest BCUT2D eigenvalue weighted by atomic mass is 10.0. The highest BCUT2D eigenvalue weighted by Gasteiger charge is 2.20. The van der Waals surface area contributed by atoms with Gasteiger partial charge in [0.05, 0.1) is 25.4 Å². The van der Waals surface area contributed by atoms with Crippen molar-refractivity contribution in [1.29, 1.82) is 0 Å². The van der Waals surface area contributed by atoms with Gasteiger partial charge in [-0.2, -0.15) is 0 Å². The third kappa shape index (κ3) is 67.9. The number of carbonyl (C=O) groups excluding carboxylic acids is 2. The zero-order valence-electron chi connectivity index (χ0n) is 55.6. The zero-order chi connectivity index (χ0) is 58.5. The zero-order valence-corrected chi connectivity index (χ0v) is 55.6. The molecule has 0 aliphatic carbocycles. The van der Waals surface area contributed by atoms with E-state index in [-0.39, 0.29) is 18.5 Å². The average molecular weight is 1150 g/mol. The van der Waals surface area contributed by atoms with Crippen molar-refractivity contribution in [3.63, 3.8) is 0 Å². The molecule has 6 heteroatoms. The summed E-state index contributed by atoms with van der Waals surface area (Å²) in [6.07, 6.45) is 87.6. The van der Waals surface area contributed by atoms with Crippen LogP contribution in [0.2, 0.25) is 0 Å². The van der Waals surface area contributed by atoms with E-state index in [1.165, 1.54) is 372 Å². The molecule has 0 aromatic heterocycles. The Morgan fingerprint density at radius 3 is 0.753 bits per heavy atom. The van der Waals surface area contributed by atoms with Gasteiger partial charge in [-0.15, -0.1) is 0 Å². The van der Waals surface area contributed by atoms with Gasteiger partial charge in [-0.1, -0.05) is 406 Å². The highest BCUT2D eigenvalue weighted by atomic mass is 16.5. The number of carbonyl (C=O) groups is 2. The molecule has 1 amide bonds. The molecule has 0 spiro atoms. The maximum atomic E-state index is 12.5. The van der Waals surface area contributed by atoms with Gasteiger partial charge >= 0.3 is 5.97 Å². The fourth-order valence-corrected chi connectivity index (χ4v) is 12.4. The molecule has 0 aliphatic heterocycles. The van der Waals surface area contributed by atoms with Crippen molar-refractivity contribution in [2.45, 2.75) is 456 Å². The number of amides is 1. The molecule has 6 nitrogen and oxygen atoms in total. The third-order valence-corrected chi connectivity index (χ3v) is 18.2. The van der Waals surface area contributed by atoms with Gasteiger partial charge < -0.3 is 20.3 Å². The molecule has 0 rings (SSSR count). The summed E-state index contributed by atoms with van der Waals surface area (Å²) < 4.78 is 5.49. The molecular formula is C75H149NO5. The molecule has 2 unspecified atom stereocenters. The lowest BCUT2D eigenvalue weighted by Crippen LogP contribution is -2.45. The van der Waals surface area contributed by atoms with Crippen molar-refractivity contribution >= 4 is 11.9 Å². The Kier molecular flexibility index (Phi) is 70.3. The van der Waals surface area contributed by atoms with Gasteiger partial charge in [0.1, 0.15) is 0 Å². The fourth-order valence-electron chi connectivity index (χ4n) is 12.4. The maximum Gasteiger partial charge on any atom is 0.305 e. The van der Waals surface area contributed by atoms with Crippen LogP contribution in [0.3, 0.4) is 0 Å². The largest absolute Gasteiger partial charge is 0.466 e. The first kappa shape index (κ1) is 79.9. The van der Waals surface area contributed by atoms with E-state index in [2.05, 4.69) is 19.2 Å². The van der Waals surface area contributed by atoms with Crippen LogP contribution in [-0.2, 0) is 14.3 Å². The van der Waals surface area contributed by atoms with Gasteiger partial charge in [0.25, 0.3) is 0 Å². The number of rotatable bonds is 72. The number of hydrogen-bond acceptors (Lipinski definition) is 5. The molecule has 484 valence electrons. The molecule has 0 radical (unpaired) electrons. The van der Waals surface area contributed by atoms with Crippen LogP contribution in [0.25, 0.3) is 0 Å². The van der Waals surface area contributed by atoms with Crippen LogP contribution in [0, 0.1) is 0 Å². The minimum Gasteiger partial charge on any atom is -0.466 e. The lowest BCUT2D eigenvalue weighted by molar-refractivity contribution is -0.143. The van der Waals surface area contributed by atoms with Crippen molar-refractivity contribution in [3.05, 3.63) is 0 Å². The van der Waals surface area contributed by atoms with Crippen LogP contribution >= 0.6 is 0 Å². The van der Waals surface area contributed by atoms with Crippen molar-refractivity contribution in [1.82, 2.24) is 5.32 Å². The van der Waals surface area contributed by atoms with Crippen LogP contribution < -0.4 is 5.32 Å².